The molecule has 1 aliphatic heterocycles. The van der Waals surface area contributed by atoms with Gasteiger partial charge in [0.2, 0.25) is 0 Å². The summed E-state index contributed by atoms with van der Waals surface area (Å²) in [6, 6.07) is 4.12. The Balaban J connectivity index is 2.24. The van der Waals surface area contributed by atoms with Gasteiger partial charge in [-0.3, -0.25) is 4.79 Å². The molecule has 0 saturated carbocycles. The first-order valence-corrected chi connectivity index (χ1v) is 7.33. The normalized spacial score (nSPS) is 18.6. The standard InChI is InChI=1S/C15H20ClFN2O/c1-10(2)9-19(12-5-6-18-8-12)15(20)13-4-3-11(17)7-14(13)16/h3-4,7,10,12,18H,5-6,8-9H2,1-2H3/t12-/m0/s1. The van der Waals surface area contributed by atoms with Gasteiger partial charge in [0.05, 0.1) is 10.6 Å². The van der Waals surface area contributed by atoms with Crippen molar-refractivity contribution >= 4 is 17.5 Å². The van der Waals surface area contributed by atoms with E-state index >= 15 is 0 Å². The number of halogens is 2. The molecule has 0 radical (unpaired) electrons. The highest BCUT2D eigenvalue weighted by molar-refractivity contribution is 6.33. The van der Waals surface area contributed by atoms with Crippen LogP contribution in [0.25, 0.3) is 0 Å². The topological polar surface area (TPSA) is 32.3 Å². The molecule has 5 heteroatoms. The van der Waals surface area contributed by atoms with Gasteiger partial charge in [-0.1, -0.05) is 25.4 Å². The van der Waals surface area contributed by atoms with Crippen molar-refractivity contribution in [2.75, 3.05) is 19.6 Å². The summed E-state index contributed by atoms with van der Waals surface area (Å²) in [5.74, 6) is -0.166. The molecule has 0 unspecified atom stereocenters. The number of carbonyl (C=O) groups excluding carboxylic acids is 1. The number of amides is 1. The summed E-state index contributed by atoms with van der Waals surface area (Å²) >= 11 is 6.01. The van der Waals surface area contributed by atoms with Crippen LogP contribution in [-0.2, 0) is 0 Å². The van der Waals surface area contributed by atoms with Crippen LogP contribution in [0.1, 0.15) is 30.6 Å². The fourth-order valence-corrected chi connectivity index (χ4v) is 2.76. The molecule has 3 nitrogen and oxygen atoms in total. The summed E-state index contributed by atoms with van der Waals surface area (Å²) in [5, 5.41) is 3.44. The molecule has 0 aliphatic carbocycles. The Morgan fingerprint density at radius 3 is 2.85 bits per heavy atom. The van der Waals surface area contributed by atoms with Gasteiger partial charge in [0.1, 0.15) is 5.82 Å². The van der Waals surface area contributed by atoms with Crippen LogP contribution in [0.5, 0.6) is 0 Å². The third-order valence-electron chi connectivity index (χ3n) is 3.46. The van der Waals surface area contributed by atoms with Crippen molar-refractivity contribution < 1.29 is 9.18 Å². The molecule has 0 aromatic heterocycles. The number of hydrogen-bond acceptors (Lipinski definition) is 2. The second kappa shape index (κ2) is 6.55. The maximum absolute atomic E-state index is 13.1. The smallest absolute Gasteiger partial charge is 0.255 e. The van der Waals surface area contributed by atoms with Gasteiger partial charge in [0.25, 0.3) is 5.91 Å². The minimum atomic E-state index is -0.426. The number of rotatable bonds is 4. The molecule has 1 fully saturated rings. The summed E-state index contributed by atoms with van der Waals surface area (Å²) in [6.45, 7) is 6.56. The third kappa shape index (κ3) is 3.49. The van der Waals surface area contributed by atoms with Gasteiger partial charge in [-0.2, -0.15) is 0 Å². The van der Waals surface area contributed by atoms with E-state index in [0.29, 0.717) is 18.0 Å². The molecule has 20 heavy (non-hydrogen) atoms. The molecular formula is C15H20ClFN2O. The van der Waals surface area contributed by atoms with Crippen molar-refractivity contribution in [1.29, 1.82) is 0 Å². The van der Waals surface area contributed by atoms with E-state index in [1.807, 2.05) is 4.90 Å². The lowest BCUT2D eigenvalue weighted by Gasteiger charge is -2.30. The van der Waals surface area contributed by atoms with E-state index in [2.05, 4.69) is 19.2 Å². The van der Waals surface area contributed by atoms with Crippen LogP contribution in [-0.4, -0.2) is 36.5 Å². The van der Waals surface area contributed by atoms with Crippen LogP contribution in [0.4, 0.5) is 4.39 Å². The molecular weight excluding hydrogens is 279 g/mol. The van der Waals surface area contributed by atoms with E-state index < -0.39 is 5.82 Å². The SMILES string of the molecule is CC(C)CN(C(=O)c1ccc(F)cc1Cl)[C@H]1CCNC1. The van der Waals surface area contributed by atoms with Crippen LogP contribution in [0.3, 0.4) is 0 Å². The molecule has 1 atom stereocenters. The van der Waals surface area contributed by atoms with Crippen molar-refractivity contribution in [3.8, 4) is 0 Å². The van der Waals surface area contributed by atoms with Crippen LogP contribution in [0, 0.1) is 11.7 Å². The number of benzene rings is 1. The summed E-state index contributed by atoms with van der Waals surface area (Å²) in [4.78, 5) is 14.6. The molecule has 1 aromatic carbocycles. The lowest BCUT2D eigenvalue weighted by molar-refractivity contribution is 0.0667. The highest BCUT2D eigenvalue weighted by Gasteiger charge is 2.28. The van der Waals surface area contributed by atoms with Gasteiger partial charge >= 0.3 is 0 Å². The van der Waals surface area contributed by atoms with Gasteiger partial charge in [-0.05, 0) is 37.1 Å². The maximum atomic E-state index is 13.1. The zero-order valence-electron chi connectivity index (χ0n) is 11.8. The van der Waals surface area contributed by atoms with Gasteiger partial charge in [-0.25, -0.2) is 4.39 Å². The quantitative estimate of drug-likeness (QED) is 0.927. The first kappa shape index (κ1) is 15.3. The predicted molar refractivity (Wildman–Crippen MR) is 78.6 cm³/mol. The van der Waals surface area contributed by atoms with E-state index in [-0.39, 0.29) is 17.0 Å². The monoisotopic (exact) mass is 298 g/mol. The van der Waals surface area contributed by atoms with Crippen molar-refractivity contribution in [2.24, 2.45) is 5.92 Å². The van der Waals surface area contributed by atoms with Crippen LogP contribution < -0.4 is 5.32 Å². The zero-order valence-corrected chi connectivity index (χ0v) is 12.6. The van der Waals surface area contributed by atoms with E-state index in [1.54, 1.807) is 0 Å². The largest absolute Gasteiger partial charge is 0.334 e. The zero-order chi connectivity index (χ0) is 14.7. The van der Waals surface area contributed by atoms with E-state index in [9.17, 15) is 9.18 Å². The second-order valence-electron chi connectivity index (χ2n) is 5.62. The average Bonchev–Trinajstić information content (AvgIpc) is 2.88. The Hall–Kier alpha value is -1.13. The van der Waals surface area contributed by atoms with E-state index in [0.717, 1.165) is 19.5 Å². The van der Waals surface area contributed by atoms with Crippen LogP contribution >= 0.6 is 11.6 Å². The Labute approximate surface area is 124 Å². The maximum Gasteiger partial charge on any atom is 0.255 e. The molecule has 1 aliphatic rings. The number of hydrogen-bond donors (Lipinski definition) is 1. The van der Waals surface area contributed by atoms with Crippen molar-refractivity contribution in [2.45, 2.75) is 26.3 Å². The molecule has 1 N–H and O–H groups in total. The lowest BCUT2D eigenvalue weighted by atomic mass is 10.1. The molecule has 110 valence electrons. The number of nitrogens with zero attached hydrogens (tertiary/aromatic N) is 1. The van der Waals surface area contributed by atoms with Gasteiger partial charge in [0.15, 0.2) is 0 Å². The Morgan fingerprint density at radius 2 is 2.30 bits per heavy atom. The van der Waals surface area contributed by atoms with E-state index in [4.69, 9.17) is 11.6 Å². The fraction of sp³-hybridized carbons (Fsp3) is 0.533. The predicted octanol–water partition coefficient (Wildman–Crippen LogP) is 2.94. The molecule has 0 spiro atoms. The molecule has 1 amide bonds. The molecule has 1 heterocycles. The lowest BCUT2D eigenvalue weighted by Crippen LogP contribution is -2.43. The van der Waals surface area contributed by atoms with Gasteiger partial charge in [0, 0.05) is 19.1 Å². The van der Waals surface area contributed by atoms with Crippen molar-refractivity contribution in [3.05, 3.63) is 34.6 Å². The summed E-state index contributed by atoms with van der Waals surface area (Å²) in [6.07, 6.45) is 0.942. The third-order valence-corrected chi connectivity index (χ3v) is 3.77. The van der Waals surface area contributed by atoms with Crippen molar-refractivity contribution in [3.63, 3.8) is 0 Å². The summed E-state index contributed by atoms with van der Waals surface area (Å²) in [5.41, 5.74) is 0.376. The molecule has 1 aromatic rings. The van der Waals surface area contributed by atoms with Crippen LogP contribution in [0.2, 0.25) is 5.02 Å². The molecule has 1 saturated heterocycles. The summed E-state index contributed by atoms with van der Waals surface area (Å²) < 4.78 is 13.1. The second-order valence-corrected chi connectivity index (χ2v) is 6.03. The van der Waals surface area contributed by atoms with Gasteiger partial charge < -0.3 is 10.2 Å². The first-order valence-electron chi connectivity index (χ1n) is 6.95. The highest BCUT2D eigenvalue weighted by atomic mass is 35.5. The number of carbonyl (C=O) groups is 1. The van der Waals surface area contributed by atoms with Crippen molar-refractivity contribution in [1.82, 2.24) is 10.2 Å². The number of nitrogens with one attached hydrogen (secondary N) is 1. The molecule has 0 bridgehead atoms. The minimum absolute atomic E-state index is 0.114. The Bertz CT molecular complexity index is 487. The van der Waals surface area contributed by atoms with Crippen LogP contribution in [0.15, 0.2) is 18.2 Å². The first-order chi connectivity index (χ1) is 9.49. The Kier molecular flexibility index (Phi) is 5.00. The highest BCUT2D eigenvalue weighted by Crippen LogP contribution is 2.22. The minimum Gasteiger partial charge on any atom is -0.334 e. The summed E-state index contributed by atoms with van der Waals surface area (Å²) in [7, 11) is 0. The average molecular weight is 299 g/mol. The Morgan fingerprint density at radius 1 is 1.55 bits per heavy atom. The van der Waals surface area contributed by atoms with E-state index in [1.165, 1.54) is 18.2 Å². The fourth-order valence-electron chi connectivity index (χ4n) is 2.51. The molecule has 2 rings (SSSR count). The van der Waals surface area contributed by atoms with Gasteiger partial charge in [-0.15, -0.1) is 0 Å².